The van der Waals surface area contributed by atoms with Crippen molar-refractivity contribution >= 4 is 5.97 Å². The number of aliphatic hydroxyl groups is 1. The molecule has 1 aromatic carbocycles. The third-order valence-corrected chi connectivity index (χ3v) is 3.02. The maximum atomic E-state index is 11.0. The molecule has 0 spiro atoms. The number of methoxy groups -OCH3 is 2. The van der Waals surface area contributed by atoms with E-state index in [1.54, 1.807) is 7.11 Å². The summed E-state index contributed by atoms with van der Waals surface area (Å²) >= 11 is 0. The van der Waals surface area contributed by atoms with Crippen LogP contribution < -0.4 is 4.74 Å². The highest BCUT2D eigenvalue weighted by Crippen LogP contribution is 2.30. The summed E-state index contributed by atoms with van der Waals surface area (Å²) in [7, 11) is 2.90. The zero-order valence-corrected chi connectivity index (χ0v) is 11.7. The van der Waals surface area contributed by atoms with Crippen LogP contribution in [-0.2, 0) is 9.53 Å². The average molecular weight is 264 g/mol. The summed E-state index contributed by atoms with van der Waals surface area (Å²) in [5, 5.41) is 10.1. The van der Waals surface area contributed by atoms with E-state index in [4.69, 9.17) is 4.74 Å². The van der Waals surface area contributed by atoms with Gasteiger partial charge in [-0.2, -0.15) is 0 Å². The lowest BCUT2D eigenvalue weighted by Gasteiger charge is -2.19. The Morgan fingerprint density at radius 2 is 2.05 bits per heavy atom. The van der Waals surface area contributed by atoms with Crippen molar-refractivity contribution in [1.82, 2.24) is 0 Å². The smallest absolute Gasteiger partial charge is 0.330 e. The fraction of sp³-hybridized carbons (Fsp3) is 0.400. The molecule has 0 radical (unpaired) electrons. The molecule has 0 amide bonds. The number of esters is 1. The van der Waals surface area contributed by atoms with Crippen LogP contribution in [0.2, 0.25) is 0 Å². The quantitative estimate of drug-likeness (QED) is 0.654. The molecule has 1 rings (SSSR count). The first-order valence-electron chi connectivity index (χ1n) is 6.08. The van der Waals surface area contributed by atoms with E-state index in [9.17, 15) is 9.90 Å². The zero-order valence-electron chi connectivity index (χ0n) is 11.7. The second-order valence-corrected chi connectivity index (χ2v) is 4.41. The second-order valence-electron chi connectivity index (χ2n) is 4.41. The maximum absolute atomic E-state index is 11.0. The molecule has 0 aliphatic carbocycles. The molecule has 0 fully saturated rings. The van der Waals surface area contributed by atoms with Crippen LogP contribution in [0.5, 0.6) is 5.75 Å². The van der Waals surface area contributed by atoms with Gasteiger partial charge in [0.25, 0.3) is 0 Å². The van der Waals surface area contributed by atoms with E-state index in [2.05, 4.69) is 4.74 Å². The Bertz CT molecular complexity index is 465. The predicted octanol–water partition coefficient (Wildman–Crippen LogP) is 2.20. The van der Waals surface area contributed by atoms with Crippen molar-refractivity contribution in [2.24, 2.45) is 0 Å². The fourth-order valence-electron chi connectivity index (χ4n) is 1.79. The van der Waals surface area contributed by atoms with Crippen LogP contribution in [0.3, 0.4) is 0 Å². The second kappa shape index (κ2) is 6.95. The first-order chi connectivity index (χ1) is 8.99. The minimum Gasteiger partial charge on any atom is -0.496 e. The molecular weight excluding hydrogens is 244 g/mol. The third-order valence-electron chi connectivity index (χ3n) is 3.02. The molecule has 19 heavy (non-hydrogen) atoms. The molecule has 1 N–H and O–H groups in total. The minimum absolute atomic E-state index is 0.184. The first kappa shape index (κ1) is 15.2. The fourth-order valence-corrected chi connectivity index (χ4v) is 1.79. The van der Waals surface area contributed by atoms with Crippen LogP contribution in [0.25, 0.3) is 0 Å². The lowest BCUT2D eigenvalue weighted by molar-refractivity contribution is -0.134. The maximum Gasteiger partial charge on any atom is 0.330 e. The Labute approximate surface area is 113 Å². The summed E-state index contributed by atoms with van der Waals surface area (Å²) in [5.41, 5.74) is 1.99. The molecule has 1 aromatic rings. The molecule has 0 aliphatic rings. The molecular formula is C15H20O4. The van der Waals surface area contributed by atoms with E-state index in [0.29, 0.717) is 0 Å². The molecule has 0 aliphatic heterocycles. The Hall–Kier alpha value is -1.81. The van der Waals surface area contributed by atoms with Gasteiger partial charge in [-0.05, 0) is 30.2 Å². The summed E-state index contributed by atoms with van der Waals surface area (Å²) in [6.07, 6.45) is 1.87. The van der Waals surface area contributed by atoms with Crippen LogP contribution in [-0.4, -0.2) is 31.4 Å². The average Bonchev–Trinajstić information content (AvgIpc) is 2.43. The Kier molecular flexibility index (Phi) is 5.57. The topological polar surface area (TPSA) is 55.8 Å². The van der Waals surface area contributed by atoms with E-state index in [1.807, 2.05) is 32.0 Å². The zero-order chi connectivity index (χ0) is 14.4. The highest BCUT2D eigenvalue weighted by molar-refractivity contribution is 5.81. The van der Waals surface area contributed by atoms with Gasteiger partial charge < -0.3 is 14.6 Å². The normalized spacial score (nSPS) is 14.2. The van der Waals surface area contributed by atoms with Gasteiger partial charge in [-0.15, -0.1) is 0 Å². The Morgan fingerprint density at radius 1 is 1.37 bits per heavy atom. The van der Waals surface area contributed by atoms with Crippen LogP contribution in [0, 0.1) is 6.92 Å². The molecule has 0 heterocycles. The predicted molar refractivity (Wildman–Crippen MR) is 73.3 cm³/mol. The van der Waals surface area contributed by atoms with Crippen LogP contribution in [0.4, 0.5) is 0 Å². The number of benzene rings is 1. The van der Waals surface area contributed by atoms with Gasteiger partial charge >= 0.3 is 5.97 Å². The molecule has 0 bridgehead atoms. The van der Waals surface area contributed by atoms with Crippen molar-refractivity contribution in [2.45, 2.75) is 25.9 Å². The van der Waals surface area contributed by atoms with Crippen molar-refractivity contribution in [3.8, 4) is 5.75 Å². The van der Waals surface area contributed by atoms with Crippen molar-refractivity contribution in [1.29, 1.82) is 0 Å². The highest BCUT2D eigenvalue weighted by atomic mass is 16.5. The molecule has 0 aromatic heterocycles. The van der Waals surface area contributed by atoms with Crippen molar-refractivity contribution in [3.05, 3.63) is 41.5 Å². The van der Waals surface area contributed by atoms with Gasteiger partial charge in [-0.3, -0.25) is 0 Å². The summed E-state index contributed by atoms with van der Waals surface area (Å²) in [5.74, 6) is 0.0663. The molecule has 0 saturated carbocycles. The monoisotopic (exact) mass is 264 g/mol. The minimum atomic E-state index is -0.782. The Balaban J connectivity index is 2.90. The van der Waals surface area contributed by atoms with Crippen LogP contribution in [0.15, 0.2) is 30.4 Å². The van der Waals surface area contributed by atoms with E-state index >= 15 is 0 Å². The van der Waals surface area contributed by atoms with Gasteiger partial charge in [-0.25, -0.2) is 4.79 Å². The van der Waals surface area contributed by atoms with E-state index < -0.39 is 12.1 Å². The first-order valence-corrected chi connectivity index (χ1v) is 6.08. The van der Waals surface area contributed by atoms with Crippen LogP contribution >= 0.6 is 0 Å². The summed E-state index contributed by atoms with van der Waals surface area (Å²) < 4.78 is 9.80. The van der Waals surface area contributed by atoms with E-state index in [0.717, 1.165) is 16.9 Å². The number of ether oxygens (including phenoxy) is 2. The van der Waals surface area contributed by atoms with Crippen molar-refractivity contribution in [2.75, 3.05) is 14.2 Å². The standard InChI is InChI=1S/C15H20O4/c1-10-5-6-12(14(9-10)18-3)11(2)13(16)7-8-15(17)19-4/h5-9,11,13,16H,1-4H3/b8-7+/t11-,13-/m0/s1. The van der Waals surface area contributed by atoms with Gasteiger partial charge in [0.05, 0.1) is 20.3 Å². The van der Waals surface area contributed by atoms with Crippen LogP contribution in [0.1, 0.15) is 24.0 Å². The SMILES string of the molecule is COC(=O)/C=C/[C@H](O)[C@@H](C)c1ccc(C)cc1OC. The van der Waals surface area contributed by atoms with Gasteiger partial charge in [0.2, 0.25) is 0 Å². The van der Waals surface area contributed by atoms with Gasteiger partial charge in [0, 0.05) is 12.0 Å². The number of hydrogen-bond donors (Lipinski definition) is 1. The molecule has 4 heteroatoms. The van der Waals surface area contributed by atoms with Gasteiger partial charge in [-0.1, -0.05) is 19.1 Å². The number of aryl methyl sites for hydroxylation is 1. The molecule has 0 unspecified atom stereocenters. The highest BCUT2D eigenvalue weighted by Gasteiger charge is 2.18. The van der Waals surface area contributed by atoms with Crippen molar-refractivity contribution in [3.63, 3.8) is 0 Å². The van der Waals surface area contributed by atoms with E-state index in [1.165, 1.54) is 19.3 Å². The third kappa shape index (κ3) is 4.10. The lowest BCUT2D eigenvalue weighted by atomic mass is 9.93. The number of hydrogen-bond acceptors (Lipinski definition) is 4. The molecule has 4 nitrogen and oxygen atoms in total. The number of aliphatic hydroxyl groups excluding tert-OH is 1. The number of rotatable bonds is 5. The Morgan fingerprint density at radius 3 is 2.63 bits per heavy atom. The number of carbonyl (C=O) groups is 1. The largest absolute Gasteiger partial charge is 0.496 e. The van der Waals surface area contributed by atoms with E-state index in [-0.39, 0.29) is 5.92 Å². The molecule has 0 saturated heterocycles. The molecule has 104 valence electrons. The number of carbonyl (C=O) groups excluding carboxylic acids is 1. The van der Waals surface area contributed by atoms with Gasteiger partial charge in [0.15, 0.2) is 0 Å². The van der Waals surface area contributed by atoms with Gasteiger partial charge in [0.1, 0.15) is 5.75 Å². The van der Waals surface area contributed by atoms with Crippen molar-refractivity contribution < 1.29 is 19.4 Å². The summed E-state index contributed by atoms with van der Waals surface area (Å²) in [6.45, 7) is 3.85. The summed E-state index contributed by atoms with van der Waals surface area (Å²) in [4.78, 5) is 11.0. The lowest BCUT2D eigenvalue weighted by Crippen LogP contribution is -2.14. The summed E-state index contributed by atoms with van der Waals surface area (Å²) in [6, 6.07) is 5.81. The molecule has 2 atom stereocenters.